The Labute approximate surface area is 130 Å². The van der Waals surface area contributed by atoms with Crippen LogP contribution in [0.1, 0.15) is 16.8 Å². The van der Waals surface area contributed by atoms with Gasteiger partial charge in [-0.25, -0.2) is 0 Å². The lowest BCUT2D eigenvalue weighted by Gasteiger charge is -2.07. The Morgan fingerprint density at radius 2 is 2.10 bits per heavy atom. The quantitative estimate of drug-likeness (QED) is 0.429. The van der Waals surface area contributed by atoms with E-state index in [0.717, 1.165) is 6.07 Å². The van der Waals surface area contributed by atoms with Gasteiger partial charge in [0.2, 0.25) is 0 Å². The van der Waals surface area contributed by atoms with Crippen molar-refractivity contribution in [3.63, 3.8) is 0 Å². The zero-order valence-electron chi connectivity index (χ0n) is 11.0. The molecule has 0 heterocycles. The van der Waals surface area contributed by atoms with Crippen molar-refractivity contribution in [1.82, 2.24) is 5.32 Å². The van der Waals surface area contributed by atoms with Crippen LogP contribution in [0.3, 0.4) is 0 Å². The van der Waals surface area contributed by atoms with Crippen LogP contribution in [-0.2, 0) is 4.74 Å². The van der Waals surface area contributed by atoms with Gasteiger partial charge in [0.15, 0.2) is 0 Å². The van der Waals surface area contributed by atoms with Crippen molar-refractivity contribution in [3.8, 4) is 0 Å². The zero-order chi connectivity index (χ0) is 15.8. The van der Waals surface area contributed by atoms with E-state index in [4.69, 9.17) is 33.0 Å². The van der Waals surface area contributed by atoms with Crippen LogP contribution in [0.2, 0.25) is 10.0 Å². The topological polar surface area (TPSA) is 102 Å². The number of hydrogen-bond donors (Lipinski definition) is 2. The minimum absolute atomic E-state index is 0.0534. The summed E-state index contributed by atoms with van der Waals surface area (Å²) in [4.78, 5) is 22.0. The van der Waals surface area contributed by atoms with E-state index in [2.05, 4.69) is 5.32 Å². The summed E-state index contributed by atoms with van der Waals surface area (Å²) in [6, 6.07) is 2.35. The number of hydrogen-bond acceptors (Lipinski definition) is 5. The fourth-order valence-corrected chi connectivity index (χ4v) is 1.88. The third kappa shape index (κ3) is 5.47. The number of nitro groups is 1. The summed E-state index contributed by atoms with van der Waals surface area (Å²) in [5.41, 5.74) is -0.354. The highest BCUT2D eigenvalue weighted by Gasteiger charge is 2.19. The smallest absolute Gasteiger partial charge is 0.290 e. The van der Waals surface area contributed by atoms with Crippen molar-refractivity contribution < 1.29 is 19.6 Å². The molecule has 21 heavy (non-hydrogen) atoms. The predicted molar refractivity (Wildman–Crippen MR) is 78.0 cm³/mol. The predicted octanol–water partition coefficient (Wildman–Crippen LogP) is 2.03. The van der Waals surface area contributed by atoms with Gasteiger partial charge in [-0.1, -0.05) is 23.2 Å². The molecule has 0 aromatic heterocycles. The standard InChI is InChI=1S/C12H14Cl2N2O5/c13-9-6-8(7-10(11(9)14)16(19)20)12(18)15-2-1-4-21-5-3-17/h6-7,17H,1-5H2,(H,15,18). The van der Waals surface area contributed by atoms with Gasteiger partial charge in [0, 0.05) is 24.8 Å². The molecule has 1 rings (SSSR count). The van der Waals surface area contributed by atoms with Crippen molar-refractivity contribution in [1.29, 1.82) is 0 Å². The van der Waals surface area contributed by atoms with Gasteiger partial charge in [-0.15, -0.1) is 0 Å². The van der Waals surface area contributed by atoms with Crippen molar-refractivity contribution in [3.05, 3.63) is 37.9 Å². The first-order valence-electron chi connectivity index (χ1n) is 6.07. The molecular weight excluding hydrogens is 323 g/mol. The Kier molecular flexibility index (Phi) is 7.38. The van der Waals surface area contributed by atoms with Gasteiger partial charge in [0.25, 0.3) is 11.6 Å². The van der Waals surface area contributed by atoms with Crippen LogP contribution in [0.15, 0.2) is 12.1 Å². The van der Waals surface area contributed by atoms with Crippen LogP contribution in [0.4, 0.5) is 5.69 Å². The molecule has 9 heteroatoms. The number of amides is 1. The van der Waals surface area contributed by atoms with Crippen molar-refractivity contribution >= 4 is 34.8 Å². The van der Waals surface area contributed by atoms with Gasteiger partial charge in [0.05, 0.1) is 23.2 Å². The molecule has 1 aromatic carbocycles. The van der Waals surface area contributed by atoms with E-state index in [9.17, 15) is 14.9 Å². The molecule has 7 nitrogen and oxygen atoms in total. The molecule has 2 N–H and O–H groups in total. The second-order valence-corrected chi connectivity index (χ2v) is 4.78. The van der Waals surface area contributed by atoms with Crippen LogP contribution in [0.25, 0.3) is 0 Å². The first-order chi connectivity index (χ1) is 9.97. The minimum Gasteiger partial charge on any atom is -0.394 e. The van der Waals surface area contributed by atoms with Gasteiger partial charge in [0.1, 0.15) is 5.02 Å². The number of nitrogens with zero attached hydrogens (tertiary/aromatic N) is 1. The molecule has 0 atom stereocenters. The second kappa shape index (κ2) is 8.78. The number of aliphatic hydroxyl groups excluding tert-OH is 1. The Morgan fingerprint density at radius 3 is 2.71 bits per heavy atom. The minimum atomic E-state index is -0.701. The lowest BCUT2D eigenvalue weighted by atomic mass is 10.2. The number of rotatable bonds is 8. The lowest BCUT2D eigenvalue weighted by molar-refractivity contribution is -0.384. The molecule has 0 saturated heterocycles. The number of aliphatic hydroxyl groups is 1. The maximum absolute atomic E-state index is 11.9. The second-order valence-electron chi connectivity index (χ2n) is 3.99. The van der Waals surface area contributed by atoms with E-state index in [1.807, 2.05) is 0 Å². The number of carbonyl (C=O) groups excluding carboxylic acids is 1. The number of nitrogens with one attached hydrogen (secondary N) is 1. The Morgan fingerprint density at radius 1 is 1.38 bits per heavy atom. The van der Waals surface area contributed by atoms with Crippen LogP contribution < -0.4 is 5.32 Å². The van der Waals surface area contributed by atoms with E-state index in [-0.39, 0.29) is 28.8 Å². The summed E-state index contributed by atoms with van der Waals surface area (Å²) in [6.07, 6.45) is 0.551. The molecule has 0 saturated carbocycles. The number of benzene rings is 1. The number of ether oxygens (including phenoxy) is 1. The van der Waals surface area contributed by atoms with Crippen LogP contribution in [-0.4, -0.2) is 42.3 Å². The summed E-state index contributed by atoms with van der Waals surface area (Å²) in [6.45, 7) is 0.910. The molecule has 1 aromatic rings. The van der Waals surface area contributed by atoms with E-state index in [1.165, 1.54) is 6.07 Å². The largest absolute Gasteiger partial charge is 0.394 e. The SMILES string of the molecule is O=C(NCCCOCCO)c1cc(Cl)c(Cl)c([N+](=O)[O-])c1. The van der Waals surface area contributed by atoms with Crippen LogP contribution >= 0.6 is 23.2 Å². The summed E-state index contributed by atoms with van der Waals surface area (Å²) < 4.78 is 5.03. The summed E-state index contributed by atoms with van der Waals surface area (Å²) in [7, 11) is 0. The number of carbonyl (C=O) groups is 1. The highest BCUT2D eigenvalue weighted by molar-refractivity contribution is 6.43. The van der Waals surface area contributed by atoms with E-state index in [1.54, 1.807) is 0 Å². The van der Waals surface area contributed by atoms with Crippen molar-refractivity contribution in [2.24, 2.45) is 0 Å². The summed E-state index contributed by atoms with van der Waals surface area (Å²) >= 11 is 11.5. The monoisotopic (exact) mass is 336 g/mol. The summed E-state index contributed by atoms with van der Waals surface area (Å²) in [5.74, 6) is -0.487. The average Bonchev–Trinajstić information content (AvgIpc) is 2.44. The average molecular weight is 337 g/mol. The number of nitro benzene ring substituents is 1. The van der Waals surface area contributed by atoms with E-state index < -0.39 is 16.5 Å². The van der Waals surface area contributed by atoms with Gasteiger partial charge >= 0.3 is 0 Å². The fraction of sp³-hybridized carbons (Fsp3) is 0.417. The van der Waals surface area contributed by atoms with Crippen molar-refractivity contribution in [2.75, 3.05) is 26.4 Å². The molecule has 0 aliphatic carbocycles. The van der Waals surface area contributed by atoms with E-state index in [0.29, 0.717) is 19.6 Å². The van der Waals surface area contributed by atoms with E-state index >= 15 is 0 Å². The number of halogens is 2. The van der Waals surface area contributed by atoms with Crippen LogP contribution in [0.5, 0.6) is 0 Å². The molecule has 0 spiro atoms. The van der Waals surface area contributed by atoms with Gasteiger partial charge in [-0.3, -0.25) is 14.9 Å². The first-order valence-corrected chi connectivity index (χ1v) is 6.83. The zero-order valence-corrected chi connectivity index (χ0v) is 12.5. The fourth-order valence-electron chi connectivity index (χ4n) is 1.48. The molecule has 116 valence electrons. The molecule has 1 amide bonds. The molecule has 0 unspecified atom stereocenters. The normalized spacial score (nSPS) is 10.4. The lowest BCUT2D eigenvalue weighted by Crippen LogP contribution is -2.25. The Hall–Kier alpha value is -1.41. The third-order valence-electron chi connectivity index (χ3n) is 2.45. The highest BCUT2D eigenvalue weighted by atomic mass is 35.5. The summed E-state index contributed by atoms with van der Waals surface area (Å²) in [5, 5.41) is 21.6. The third-order valence-corrected chi connectivity index (χ3v) is 3.25. The molecule has 0 radical (unpaired) electrons. The van der Waals surface area contributed by atoms with Gasteiger partial charge in [-0.05, 0) is 12.5 Å². The van der Waals surface area contributed by atoms with Crippen LogP contribution in [0, 0.1) is 10.1 Å². The maximum Gasteiger partial charge on any atom is 0.290 e. The van der Waals surface area contributed by atoms with Crippen molar-refractivity contribution in [2.45, 2.75) is 6.42 Å². The maximum atomic E-state index is 11.9. The Balaban J connectivity index is 2.60. The van der Waals surface area contributed by atoms with Gasteiger partial charge in [-0.2, -0.15) is 0 Å². The Bertz CT molecular complexity index is 525. The molecule has 0 fully saturated rings. The van der Waals surface area contributed by atoms with Gasteiger partial charge < -0.3 is 15.2 Å². The molecule has 0 bridgehead atoms. The highest BCUT2D eigenvalue weighted by Crippen LogP contribution is 2.32. The first kappa shape index (κ1) is 17.6. The molecule has 0 aliphatic heterocycles. The molecular formula is C12H14Cl2N2O5. The molecule has 0 aliphatic rings.